The van der Waals surface area contributed by atoms with Crippen molar-refractivity contribution in [2.45, 2.75) is 12.5 Å². The molecule has 0 saturated heterocycles. The number of fused-ring (bicyclic) bond motifs is 1. The summed E-state index contributed by atoms with van der Waals surface area (Å²) in [5.41, 5.74) is 6.95. The van der Waals surface area contributed by atoms with Gasteiger partial charge in [0.15, 0.2) is 0 Å². The molecule has 1 atom stereocenters. The first-order chi connectivity index (χ1) is 9.72. The Balaban J connectivity index is 0.00000220. The number of halogens is 1. The monoisotopic (exact) mass is 308 g/mol. The van der Waals surface area contributed by atoms with Crippen molar-refractivity contribution in [2.75, 3.05) is 20.2 Å². The normalized spacial score (nSPS) is 11.7. The zero-order valence-electron chi connectivity index (χ0n) is 12.0. The Morgan fingerprint density at radius 2 is 1.95 bits per heavy atom. The molecule has 0 aliphatic carbocycles. The van der Waals surface area contributed by atoms with Crippen LogP contribution in [0.15, 0.2) is 42.5 Å². The molecule has 4 nitrogen and oxygen atoms in total. The van der Waals surface area contributed by atoms with Crippen LogP contribution in [0.4, 0.5) is 0 Å². The molecule has 2 rings (SSSR count). The Labute approximate surface area is 131 Å². The number of benzene rings is 2. The molecule has 2 aromatic carbocycles. The van der Waals surface area contributed by atoms with Crippen molar-refractivity contribution in [1.82, 2.24) is 5.32 Å². The first kappa shape index (κ1) is 17.4. The Morgan fingerprint density at radius 3 is 2.71 bits per heavy atom. The predicted molar refractivity (Wildman–Crippen MR) is 87.8 cm³/mol. The van der Waals surface area contributed by atoms with Crippen molar-refractivity contribution in [3.05, 3.63) is 48.0 Å². The Bertz CT molecular complexity index is 584. The van der Waals surface area contributed by atoms with E-state index in [1.807, 2.05) is 12.1 Å². The Kier molecular flexibility index (Phi) is 7.15. The smallest absolute Gasteiger partial charge is 0.323 e. The van der Waals surface area contributed by atoms with E-state index in [9.17, 15) is 4.79 Å². The highest BCUT2D eigenvalue weighted by Gasteiger charge is 2.12. The van der Waals surface area contributed by atoms with Gasteiger partial charge in [-0.05, 0) is 29.3 Å². The second-order valence-corrected chi connectivity index (χ2v) is 4.72. The van der Waals surface area contributed by atoms with Crippen LogP contribution in [0.3, 0.4) is 0 Å². The maximum Gasteiger partial charge on any atom is 0.323 e. The molecule has 0 aromatic heterocycles. The molecule has 1 unspecified atom stereocenters. The summed E-state index contributed by atoms with van der Waals surface area (Å²) in [6.07, 6.45) is 0.898. The van der Waals surface area contributed by atoms with Crippen LogP contribution in [-0.4, -0.2) is 32.2 Å². The maximum absolute atomic E-state index is 11.2. The van der Waals surface area contributed by atoms with Crippen LogP contribution in [0.25, 0.3) is 10.8 Å². The van der Waals surface area contributed by atoms with Crippen molar-refractivity contribution in [1.29, 1.82) is 0 Å². The minimum Gasteiger partial charge on any atom is -0.468 e. The lowest BCUT2D eigenvalue weighted by Crippen LogP contribution is -2.41. The molecule has 114 valence electrons. The summed E-state index contributed by atoms with van der Waals surface area (Å²) in [5.74, 6) is -0.386. The zero-order valence-corrected chi connectivity index (χ0v) is 12.9. The number of nitrogens with one attached hydrogen (secondary N) is 1. The molecule has 2 aromatic rings. The number of hydrogen-bond donors (Lipinski definition) is 2. The predicted octanol–water partition coefficient (Wildman–Crippen LogP) is 1.89. The molecule has 0 amide bonds. The second-order valence-electron chi connectivity index (χ2n) is 4.72. The van der Waals surface area contributed by atoms with Gasteiger partial charge in [0.05, 0.1) is 7.11 Å². The molecule has 5 heteroatoms. The Morgan fingerprint density at radius 1 is 1.24 bits per heavy atom. The van der Waals surface area contributed by atoms with Crippen LogP contribution in [0.5, 0.6) is 0 Å². The maximum atomic E-state index is 11.2. The van der Waals surface area contributed by atoms with E-state index in [4.69, 9.17) is 5.73 Å². The summed E-state index contributed by atoms with van der Waals surface area (Å²) < 4.78 is 4.58. The highest BCUT2D eigenvalue weighted by Crippen LogP contribution is 2.18. The molecule has 3 N–H and O–H groups in total. The zero-order chi connectivity index (χ0) is 14.4. The van der Waals surface area contributed by atoms with E-state index in [0.29, 0.717) is 6.54 Å². The largest absolute Gasteiger partial charge is 0.468 e. The number of carbonyl (C=O) groups excluding carboxylic acids is 1. The van der Waals surface area contributed by atoms with Crippen LogP contribution < -0.4 is 11.1 Å². The van der Waals surface area contributed by atoms with Crippen LogP contribution in [0, 0.1) is 0 Å². The summed E-state index contributed by atoms with van der Waals surface area (Å²) in [4.78, 5) is 11.2. The second kappa shape index (κ2) is 8.62. The van der Waals surface area contributed by atoms with E-state index in [0.717, 1.165) is 13.0 Å². The van der Waals surface area contributed by atoms with Crippen LogP contribution in [-0.2, 0) is 16.0 Å². The quantitative estimate of drug-likeness (QED) is 0.632. The van der Waals surface area contributed by atoms with Crippen molar-refractivity contribution >= 4 is 29.1 Å². The number of rotatable bonds is 6. The highest BCUT2D eigenvalue weighted by atomic mass is 35.5. The lowest BCUT2D eigenvalue weighted by atomic mass is 10.0. The number of hydrogen-bond acceptors (Lipinski definition) is 4. The van der Waals surface area contributed by atoms with E-state index in [1.54, 1.807) is 0 Å². The van der Waals surface area contributed by atoms with Gasteiger partial charge in [0.25, 0.3) is 0 Å². The average Bonchev–Trinajstić information content (AvgIpc) is 2.50. The minimum absolute atomic E-state index is 0. The van der Waals surface area contributed by atoms with Gasteiger partial charge in [-0.2, -0.15) is 0 Å². The first-order valence-electron chi connectivity index (χ1n) is 6.73. The molecule has 0 aliphatic heterocycles. The highest BCUT2D eigenvalue weighted by molar-refractivity contribution is 5.86. The van der Waals surface area contributed by atoms with Crippen molar-refractivity contribution in [2.24, 2.45) is 5.73 Å². The summed E-state index contributed by atoms with van der Waals surface area (Å²) in [7, 11) is 1.35. The SMILES string of the molecule is COC(=O)C(N)CNCCc1cccc2ccccc12.Cl. The van der Waals surface area contributed by atoms with Crippen LogP contribution in [0.1, 0.15) is 5.56 Å². The van der Waals surface area contributed by atoms with Gasteiger partial charge in [0, 0.05) is 6.54 Å². The van der Waals surface area contributed by atoms with E-state index in [2.05, 4.69) is 40.4 Å². The summed E-state index contributed by atoms with van der Waals surface area (Å²) in [6.45, 7) is 1.20. The molecule has 0 aliphatic rings. The lowest BCUT2D eigenvalue weighted by Gasteiger charge is -2.11. The van der Waals surface area contributed by atoms with Gasteiger partial charge in [-0.25, -0.2) is 0 Å². The van der Waals surface area contributed by atoms with E-state index < -0.39 is 6.04 Å². The van der Waals surface area contributed by atoms with Gasteiger partial charge in [-0.3, -0.25) is 4.79 Å². The Hall–Kier alpha value is -1.62. The fraction of sp³-hybridized carbons (Fsp3) is 0.312. The molecule has 0 heterocycles. The third-order valence-electron chi connectivity index (χ3n) is 3.32. The van der Waals surface area contributed by atoms with Gasteiger partial charge >= 0.3 is 5.97 Å². The third kappa shape index (κ3) is 4.70. The summed E-state index contributed by atoms with van der Waals surface area (Å²) in [5, 5.41) is 5.71. The molecule has 0 radical (unpaired) electrons. The molecule has 21 heavy (non-hydrogen) atoms. The number of ether oxygens (including phenoxy) is 1. The topological polar surface area (TPSA) is 64.3 Å². The fourth-order valence-corrected chi connectivity index (χ4v) is 2.23. The van der Waals surface area contributed by atoms with Crippen molar-refractivity contribution < 1.29 is 9.53 Å². The molecular weight excluding hydrogens is 288 g/mol. The van der Waals surface area contributed by atoms with Gasteiger partial charge in [-0.1, -0.05) is 42.5 Å². The van der Waals surface area contributed by atoms with Crippen LogP contribution in [0.2, 0.25) is 0 Å². The van der Waals surface area contributed by atoms with Crippen molar-refractivity contribution in [3.8, 4) is 0 Å². The first-order valence-corrected chi connectivity index (χ1v) is 6.73. The molecule has 0 fully saturated rings. The summed E-state index contributed by atoms with van der Waals surface area (Å²) in [6, 6.07) is 14.0. The van der Waals surface area contributed by atoms with Crippen LogP contribution >= 0.6 is 12.4 Å². The number of nitrogens with two attached hydrogens (primary N) is 1. The lowest BCUT2D eigenvalue weighted by molar-refractivity contribution is -0.142. The number of methoxy groups -OCH3 is 1. The molecule has 0 spiro atoms. The average molecular weight is 309 g/mol. The number of carbonyl (C=O) groups is 1. The summed E-state index contributed by atoms with van der Waals surface area (Å²) >= 11 is 0. The number of esters is 1. The molecule has 0 bridgehead atoms. The van der Waals surface area contributed by atoms with Crippen molar-refractivity contribution in [3.63, 3.8) is 0 Å². The van der Waals surface area contributed by atoms with Gasteiger partial charge < -0.3 is 15.8 Å². The van der Waals surface area contributed by atoms with Gasteiger partial charge in [-0.15, -0.1) is 12.4 Å². The van der Waals surface area contributed by atoms with E-state index in [-0.39, 0.29) is 18.4 Å². The molecular formula is C16H21ClN2O2. The standard InChI is InChI=1S/C16H20N2O2.ClH/c1-20-16(19)15(17)11-18-10-9-13-7-4-6-12-5-2-3-8-14(12)13;/h2-8,15,18H,9-11,17H2,1H3;1H. The fourth-order valence-electron chi connectivity index (χ4n) is 2.23. The third-order valence-corrected chi connectivity index (χ3v) is 3.32. The molecule has 0 saturated carbocycles. The van der Waals surface area contributed by atoms with E-state index in [1.165, 1.54) is 23.4 Å². The van der Waals surface area contributed by atoms with Gasteiger partial charge in [0.1, 0.15) is 6.04 Å². The van der Waals surface area contributed by atoms with E-state index >= 15 is 0 Å². The van der Waals surface area contributed by atoms with Gasteiger partial charge in [0.2, 0.25) is 0 Å². The minimum atomic E-state index is -0.604.